The molecule has 0 radical (unpaired) electrons. The fourth-order valence-corrected chi connectivity index (χ4v) is 3.49. The molecule has 1 saturated heterocycles. The fourth-order valence-electron chi connectivity index (χ4n) is 2.28. The molecule has 0 spiro atoms. The zero-order chi connectivity index (χ0) is 16.8. The number of methoxy groups -OCH3 is 1. The van der Waals surface area contributed by atoms with E-state index in [4.69, 9.17) is 4.74 Å². The molecule has 23 heavy (non-hydrogen) atoms. The summed E-state index contributed by atoms with van der Waals surface area (Å²) in [5, 5.41) is 2.97. The van der Waals surface area contributed by atoms with Crippen molar-refractivity contribution in [3.05, 3.63) is 24.3 Å². The second-order valence-corrected chi connectivity index (χ2v) is 6.06. The van der Waals surface area contributed by atoms with Crippen molar-refractivity contribution in [2.75, 3.05) is 25.5 Å². The summed E-state index contributed by atoms with van der Waals surface area (Å²) >= 11 is 1.34. The molecule has 0 aromatic heterocycles. The van der Waals surface area contributed by atoms with Gasteiger partial charge in [-0.3, -0.25) is 19.5 Å². The van der Waals surface area contributed by atoms with Crippen molar-refractivity contribution in [2.45, 2.75) is 25.5 Å². The van der Waals surface area contributed by atoms with E-state index in [0.29, 0.717) is 29.7 Å². The number of anilines is 1. The lowest BCUT2D eigenvalue weighted by Gasteiger charge is -2.31. The zero-order valence-corrected chi connectivity index (χ0v) is 14.4. The first-order valence-electron chi connectivity index (χ1n) is 7.56. The predicted molar refractivity (Wildman–Crippen MR) is 93.0 cm³/mol. The van der Waals surface area contributed by atoms with Crippen LogP contribution in [0.2, 0.25) is 0 Å². The van der Waals surface area contributed by atoms with Gasteiger partial charge in [0.1, 0.15) is 11.0 Å². The Balaban J connectivity index is 2.13. The molecule has 0 bridgehead atoms. The summed E-state index contributed by atoms with van der Waals surface area (Å²) in [6.07, 6.45) is 0.169. The predicted octanol–water partition coefficient (Wildman–Crippen LogP) is 2.36. The van der Waals surface area contributed by atoms with E-state index in [9.17, 15) is 9.59 Å². The monoisotopic (exact) mass is 335 g/mol. The summed E-state index contributed by atoms with van der Waals surface area (Å²) < 4.78 is 5.23. The number of hydrogen-bond acceptors (Lipinski definition) is 5. The van der Waals surface area contributed by atoms with Crippen molar-refractivity contribution < 1.29 is 14.3 Å². The van der Waals surface area contributed by atoms with Crippen LogP contribution in [0, 0.1) is 0 Å². The van der Waals surface area contributed by atoms with Gasteiger partial charge >= 0.3 is 0 Å². The molecule has 1 aromatic rings. The molecule has 1 aliphatic rings. The third-order valence-corrected chi connectivity index (χ3v) is 4.63. The molecule has 1 aliphatic heterocycles. The summed E-state index contributed by atoms with van der Waals surface area (Å²) in [7, 11) is 1.55. The number of aliphatic imine (C=N–C) groups is 1. The molecule has 7 heteroatoms. The Morgan fingerprint density at radius 1 is 1.43 bits per heavy atom. The highest BCUT2D eigenvalue weighted by Gasteiger charge is 2.35. The van der Waals surface area contributed by atoms with Gasteiger partial charge in [0.15, 0.2) is 5.17 Å². The van der Waals surface area contributed by atoms with Crippen LogP contribution in [0.25, 0.3) is 0 Å². The SMILES string of the molecule is CCN=C1S[C@H](C(=O)Nc2ccccc2OC)CC(=O)N1CC. The van der Waals surface area contributed by atoms with Gasteiger partial charge in [-0.25, -0.2) is 0 Å². The molecule has 0 saturated carbocycles. The molecule has 1 atom stereocenters. The Morgan fingerprint density at radius 3 is 2.83 bits per heavy atom. The van der Waals surface area contributed by atoms with Crippen molar-refractivity contribution >= 4 is 34.4 Å². The van der Waals surface area contributed by atoms with Crippen LogP contribution < -0.4 is 10.1 Å². The molecule has 0 unspecified atom stereocenters. The Bertz CT molecular complexity index is 618. The second-order valence-electron chi connectivity index (χ2n) is 4.90. The van der Waals surface area contributed by atoms with E-state index in [-0.39, 0.29) is 18.2 Å². The van der Waals surface area contributed by atoms with Gasteiger partial charge in [0.25, 0.3) is 0 Å². The smallest absolute Gasteiger partial charge is 0.238 e. The minimum Gasteiger partial charge on any atom is -0.495 e. The van der Waals surface area contributed by atoms with Crippen LogP contribution in [0.5, 0.6) is 5.75 Å². The summed E-state index contributed by atoms with van der Waals surface area (Å²) in [6, 6.07) is 7.20. The van der Waals surface area contributed by atoms with Gasteiger partial charge in [-0.2, -0.15) is 0 Å². The van der Waals surface area contributed by atoms with Gasteiger partial charge in [0.05, 0.1) is 12.8 Å². The highest BCUT2D eigenvalue weighted by atomic mass is 32.2. The highest BCUT2D eigenvalue weighted by Crippen LogP contribution is 2.29. The van der Waals surface area contributed by atoms with Crippen LogP contribution in [0.4, 0.5) is 5.69 Å². The molecule has 1 N–H and O–H groups in total. The molecule has 6 nitrogen and oxygen atoms in total. The number of ether oxygens (including phenoxy) is 1. The van der Waals surface area contributed by atoms with Crippen molar-refractivity contribution in [3.8, 4) is 5.75 Å². The van der Waals surface area contributed by atoms with Gasteiger partial charge in [-0.15, -0.1) is 0 Å². The molecular weight excluding hydrogens is 314 g/mol. The van der Waals surface area contributed by atoms with Gasteiger partial charge in [0, 0.05) is 19.5 Å². The minimum atomic E-state index is -0.486. The van der Waals surface area contributed by atoms with Crippen LogP contribution in [0.1, 0.15) is 20.3 Å². The van der Waals surface area contributed by atoms with Gasteiger partial charge < -0.3 is 10.1 Å². The normalized spacial score (nSPS) is 19.8. The number of para-hydroxylation sites is 2. The molecule has 1 heterocycles. The topological polar surface area (TPSA) is 71.0 Å². The van der Waals surface area contributed by atoms with Gasteiger partial charge in [-0.05, 0) is 26.0 Å². The lowest BCUT2D eigenvalue weighted by Crippen LogP contribution is -2.45. The lowest BCUT2D eigenvalue weighted by molar-refractivity contribution is -0.129. The fraction of sp³-hybridized carbons (Fsp3) is 0.438. The maximum atomic E-state index is 12.5. The van der Waals surface area contributed by atoms with Crippen LogP contribution in [0.15, 0.2) is 29.3 Å². The molecule has 2 amide bonds. The number of amides is 2. The Morgan fingerprint density at radius 2 is 2.17 bits per heavy atom. The van der Waals surface area contributed by atoms with E-state index in [1.807, 2.05) is 26.0 Å². The van der Waals surface area contributed by atoms with Crippen LogP contribution in [-0.4, -0.2) is 47.3 Å². The van der Waals surface area contributed by atoms with Crippen LogP contribution in [-0.2, 0) is 9.59 Å². The standard InChI is InChI=1S/C16H21N3O3S/c1-4-17-16-19(5-2)14(20)10-13(23-16)15(21)18-11-8-6-7-9-12(11)22-3/h6-9,13H,4-5,10H2,1-3H3,(H,18,21)/t13-/m0/s1. The number of benzene rings is 1. The first kappa shape index (κ1) is 17.3. The van der Waals surface area contributed by atoms with Gasteiger partial charge in [-0.1, -0.05) is 23.9 Å². The van der Waals surface area contributed by atoms with E-state index >= 15 is 0 Å². The van der Waals surface area contributed by atoms with Crippen LogP contribution in [0.3, 0.4) is 0 Å². The van der Waals surface area contributed by atoms with E-state index in [1.165, 1.54) is 11.8 Å². The third kappa shape index (κ3) is 4.04. The second kappa shape index (κ2) is 8.01. The van der Waals surface area contributed by atoms with E-state index in [1.54, 1.807) is 24.1 Å². The number of carbonyl (C=O) groups excluding carboxylic acids is 2. The number of thioether (sulfide) groups is 1. The van der Waals surface area contributed by atoms with E-state index < -0.39 is 5.25 Å². The number of hydrogen-bond donors (Lipinski definition) is 1. The van der Waals surface area contributed by atoms with Crippen LogP contribution >= 0.6 is 11.8 Å². The number of nitrogens with zero attached hydrogens (tertiary/aromatic N) is 2. The highest BCUT2D eigenvalue weighted by molar-refractivity contribution is 8.15. The first-order valence-corrected chi connectivity index (χ1v) is 8.44. The molecule has 2 rings (SSSR count). The number of nitrogens with one attached hydrogen (secondary N) is 1. The summed E-state index contributed by atoms with van der Waals surface area (Å²) in [4.78, 5) is 30.7. The van der Waals surface area contributed by atoms with Gasteiger partial charge in [0.2, 0.25) is 11.8 Å². The molecule has 1 aromatic carbocycles. The molecular formula is C16H21N3O3S. The molecule has 124 valence electrons. The average Bonchev–Trinajstić information content (AvgIpc) is 2.55. The maximum absolute atomic E-state index is 12.5. The number of rotatable bonds is 5. The van der Waals surface area contributed by atoms with Crippen molar-refractivity contribution in [3.63, 3.8) is 0 Å². The summed E-state index contributed by atoms with van der Waals surface area (Å²) in [5.74, 6) is 0.302. The Hall–Kier alpha value is -2.02. The van der Waals surface area contributed by atoms with E-state index in [0.717, 1.165) is 0 Å². The quantitative estimate of drug-likeness (QED) is 0.897. The molecule has 0 aliphatic carbocycles. The minimum absolute atomic E-state index is 0.0707. The number of carbonyl (C=O) groups is 2. The Kier molecular flexibility index (Phi) is 6.04. The van der Waals surface area contributed by atoms with Crippen molar-refractivity contribution in [2.24, 2.45) is 4.99 Å². The van der Waals surface area contributed by atoms with E-state index in [2.05, 4.69) is 10.3 Å². The number of amidine groups is 1. The largest absolute Gasteiger partial charge is 0.495 e. The Labute approximate surface area is 140 Å². The van der Waals surface area contributed by atoms with Crippen molar-refractivity contribution in [1.82, 2.24) is 4.90 Å². The molecule has 1 fully saturated rings. The summed E-state index contributed by atoms with van der Waals surface area (Å²) in [5.41, 5.74) is 0.597. The first-order chi connectivity index (χ1) is 11.1. The zero-order valence-electron chi connectivity index (χ0n) is 13.5. The lowest BCUT2D eigenvalue weighted by atomic mass is 10.2. The van der Waals surface area contributed by atoms with Crippen molar-refractivity contribution in [1.29, 1.82) is 0 Å². The summed E-state index contributed by atoms with van der Waals surface area (Å²) in [6.45, 7) is 4.95. The maximum Gasteiger partial charge on any atom is 0.238 e. The average molecular weight is 335 g/mol. The third-order valence-electron chi connectivity index (χ3n) is 3.41.